The maximum atomic E-state index is 14.7. The molecule has 0 saturated heterocycles. The number of benzene rings is 1. The summed E-state index contributed by atoms with van der Waals surface area (Å²) < 4.78 is 26.4. The highest BCUT2D eigenvalue weighted by Crippen LogP contribution is 2.40. The highest BCUT2D eigenvalue weighted by molar-refractivity contribution is 5.66. The van der Waals surface area contributed by atoms with Crippen molar-refractivity contribution in [2.75, 3.05) is 11.9 Å². The quantitative estimate of drug-likeness (QED) is 0.801. The smallest absolute Gasteiger partial charge is 0.434 e. The minimum atomic E-state index is -0.937. The van der Waals surface area contributed by atoms with Crippen LogP contribution in [0.5, 0.6) is 0 Å². The van der Waals surface area contributed by atoms with Crippen LogP contribution in [0.15, 0.2) is 46.8 Å². The first-order valence-corrected chi connectivity index (χ1v) is 9.03. The van der Waals surface area contributed by atoms with Crippen molar-refractivity contribution < 1.29 is 18.7 Å². The highest BCUT2D eigenvalue weighted by Gasteiger charge is 2.36. The van der Waals surface area contributed by atoms with Gasteiger partial charge in [0.2, 0.25) is 0 Å². The Morgan fingerprint density at radius 2 is 2.07 bits per heavy atom. The van der Waals surface area contributed by atoms with Crippen molar-refractivity contribution in [3.63, 3.8) is 0 Å². The summed E-state index contributed by atoms with van der Waals surface area (Å²) in [7, 11) is 0. The van der Waals surface area contributed by atoms with E-state index in [0.29, 0.717) is 11.5 Å². The van der Waals surface area contributed by atoms with Crippen molar-refractivity contribution in [2.24, 2.45) is 0 Å². The number of fused-ring (bicyclic) bond motifs is 1. The van der Waals surface area contributed by atoms with Gasteiger partial charge in [-0.1, -0.05) is 18.2 Å². The predicted octanol–water partition coefficient (Wildman–Crippen LogP) is 3.93. The van der Waals surface area contributed by atoms with E-state index in [-0.39, 0.29) is 35.1 Å². The molecule has 0 fully saturated rings. The van der Waals surface area contributed by atoms with Crippen molar-refractivity contribution in [3.8, 4) is 0 Å². The first-order chi connectivity index (χ1) is 13.3. The average Bonchev–Trinajstić information content (AvgIpc) is 2.63. The van der Waals surface area contributed by atoms with E-state index >= 15 is 0 Å². The van der Waals surface area contributed by atoms with Crippen LogP contribution in [0.25, 0.3) is 0 Å². The number of halogens is 1. The first kappa shape index (κ1) is 19.6. The molecule has 1 N–H and O–H groups in total. The van der Waals surface area contributed by atoms with Gasteiger partial charge in [-0.2, -0.15) is 0 Å². The number of rotatable bonds is 4. The molecule has 0 amide bonds. The molecule has 1 aliphatic heterocycles. The van der Waals surface area contributed by atoms with Gasteiger partial charge in [0.25, 0.3) is 5.56 Å². The normalized spacial score (nSPS) is 15.9. The molecule has 2 aromatic rings. The lowest BCUT2D eigenvalue weighted by Gasteiger charge is -2.29. The van der Waals surface area contributed by atoms with Gasteiger partial charge in [-0.05, 0) is 33.8 Å². The number of allylic oxidation sites excluding steroid dienone is 2. The summed E-state index contributed by atoms with van der Waals surface area (Å²) in [5.74, 6) is -1.04. The predicted molar refractivity (Wildman–Crippen MR) is 102 cm³/mol. The lowest BCUT2D eigenvalue weighted by atomic mass is 9.87. The topological polar surface area (TPSA) is 82.4 Å². The Labute approximate surface area is 161 Å². The van der Waals surface area contributed by atoms with Crippen LogP contribution in [-0.2, 0) is 9.47 Å². The fourth-order valence-corrected chi connectivity index (χ4v) is 3.18. The minimum absolute atomic E-state index is 0.108. The second-order valence-corrected chi connectivity index (χ2v) is 6.67. The molecule has 2 heterocycles. The van der Waals surface area contributed by atoms with Gasteiger partial charge < -0.3 is 14.8 Å². The fraction of sp³-hybridized carbons (Fsp3) is 0.350. The lowest BCUT2D eigenvalue weighted by Crippen LogP contribution is -2.33. The van der Waals surface area contributed by atoms with Crippen LogP contribution in [0.2, 0.25) is 0 Å². The summed E-state index contributed by atoms with van der Waals surface area (Å²) in [6.45, 7) is 7.14. The average molecular weight is 387 g/mol. The van der Waals surface area contributed by atoms with Gasteiger partial charge in [-0.25, -0.2) is 14.2 Å². The zero-order valence-corrected chi connectivity index (χ0v) is 16.2. The third kappa shape index (κ3) is 3.49. The second-order valence-electron chi connectivity index (χ2n) is 6.67. The molecule has 0 saturated carbocycles. The van der Waals surface area contributed by atoms with E-state index in [9.17, 15) is 14.0 Å². The molecule has 148 valence electrons. The number of carbonyl (C=O) groups is 1. The van der Waals surface area contributed by atoms with E-state index in [0.717, 1.165) is 0 Å². The van der Waals surface area contributed by atoms with E-state index in [1.165, 1.54) is 17.0 Å². The molecule has 8 heteroatoms. The van der Waals surface area contributed by atoms with Crippen LogP contribution in [0.4, 0.5) is 15.0 Å². The Kier molecular flexibility index (Phi) is 5.48. The molecule has 1 unspecified atom stereocenters. The van der Waals surface area contributed by atoms with Crippen molar-refractivity contribution >= 4 is 12.0 Å². The number of nitrogens with one attached hydrogen (secondary N) is 1. The highest BCUT2D eigenvalue weighted by atomic mass is 19.1. The van der Waals surface area contributed by atoms with E-state index in [1.807, 2.05) is 13.8 Å². The van der Waals surface area contributed by atoms with Crippen LogP contribution in [0.3, 0.4) is 0 Å². The lowest BCUT2D eigenvalue weighted by molar-refractivity contribution is 0.0775. The van der Waals surface area contributed by atoms with Gasteiger partial charge in [0, 0.05) is 11.6 Å². The molecular weight excluding hydrogens is 365 g/mol. The summed E-state index contributed by atoms with van der Waals surface area (Å²) in [6.07, 6.45) is 0.526. The maximum absolute atomic E-state index is 14.7. The van der Waals surface area contributed by atoms with E-state index in [2.05, 4.69) is 10.3 Å². The third-order valence-corrected chi connectivity index (χ3v) is 4.49. The number of hydrogen-bond acceptors (Lipinski definition) is 6. The van der Waals surface area contributed by atoms with E-state index in [4.69, 9.17) is 9.47 Å². The van der Waals surface area contributed by atoms with Gasteiger partial charge in [-0.3, -0.25) is 9.36 Å². The third-order valence-electron chi connectivity index (χ3n) is 4.49. The Balaban J connectivity index is 2.25. The monoisotopic (exact) mass is 387 g/mol. The summed E-state index contributed by atoms with van der Waals surface area (Å²) >= 11 is 0. The fourth-order valence-electron chi connectivity index (χ4n) is 3.18. The largest absolute Gasteiger partial charge is 0.513 e. The first-order valence-electron chi connectivity index (χ1n) is 9.03. The molecule has 1 aromatic carbocycles. The maximum Gasteiger partial charge on any atom is 0.513 e. The van der Waals surface area contributed by atoms with Crippen LogP contribution >= 0.6 is 0 Å². The van der Waals surface area contributed by atoms with Crippen molar-refractivity contribution in [1.82, 2.24) is 9.55 Å². The van der Waals surface area contributed by atoms with Crippen molar-refractivity contribution in [2.45, 2.75) is 39.7 Å². The standard InChI is InChI=1S/C20H22FN3O4/c1-5-27-20(26)28-17-12(4)23-18-16(19(25)24(10-22-18)11(2)3)15(17)13-8-6-7-9-14(13)21/h6-11,15,23H,5H2,1-4H3. The van der Waals surface area contributed by atoms with Crippen molar-refractivity contribution in [3.05, 3.63) is 69.3 Å². The molecule has 1 atom stereocenters. The van der Waals surface area contributed by atoms with Crippen LogP contribution in [0.1, 0.15) is 50.8 Å². The molecule has 7 nitrogen and oxygen atoms in total. The molecule has 0 spiro atoms. The molecule has 3 rings (SSSR count). The van der Waals surface area contributed by atoms with Crippen LogP contribution in [-0.4, -0.2) is 22.3 Å². The van der Waals surface area contributed by atoms with E-state index in [1.54, 1.807) is 32.0 Å². The summed E-state index contributed by atoms with van der Waals surface area (Å²) in [6, 6.07) is 5.93. The zero-order chi connectivity index (χ0) is 20.4. The molecule has 1 aliphatic rings. The van der Waals surface area contributed by atoms with E-state index < -0.39 is 17.9 Å². The minimum Gasteiger partial charge on any atom is -0.434 e. The van der Waals surface area contributed by atoms with Gasteiger partial charge in [0.15, 0.2) is 0 Å². The molecule has 0 aliphatic carbocycles. The second kappa shape index (κ2) is 7.84. The summed E-state index contributed by atoms with van der Waals surface area (Å²) in [4.78, 5) is 29.5. The number of anilines is 1. The van der Waals surface area contributed by atoms with Gasteiger partial charge in [0.1, 0.15) is 23.7 Å². The molecule has 1 aromatic heterocycles. The Morgan fingerprint density at radius 3 is 2.71 bits per heavy atom. The SMILES string of the molecule is CCOC(=O)OC1=C(C)Nc2ncn(C(C)C)c(=O)c2C1c1ccccc1F. The molecular formula is C20H22FN3O4. The summed E-state index contributed by atoms with van der Waals surface area (Å²) in [5.41, 5.74) is 0.539. The summed E-state index contributed by atoms with van der Waals surface area (Å²) in [5, 5.41) is 2.98. The Hall–Kier alpha value is -3.16. The number of ether oxygens (including phenoxy) is 2. The molecule has 0 bridgehead atoms. The van der Waals surface area contributed by atoms with Crippen LogP contribution < -0.4 is 10.9 Å². The van der Waals surface area contributed by atoms with Gasteiger partial charge in [0.05, 0.1) is 23.8 Å². The Morgan fingerprint density at radius 1 is 1.36 bits per heavy atom. The number of nitrogens with zero attached hydrogens (tertiary/aromatic N) is 2. The van der Waals surface area contributed by atoms with Gasteiger partial charge in [-0.15, -0.1) is 0 Å². The molecule has 0 radical (unpaired) electrons. The van der Waals surface area contributed by atoms with Crippen LogP contribution in [0, 0.1) is 5.82 Å². The van der Waals surface area contributed by atoms with Crippen molar-refractivity contribution in [1.29, 1.82) is 0 Å². The Bertz CT molecular complexity index is 997. The zero-order valence-electron chi connectivity index (χ0n) is 16.2. The number of hydrogen-bond donors (Lipinski definition) is 1. The number of aromatic nitrogens is 2. The number of carbonyl (C=O) groups excluding carboxylic acids is 1. The van der Waals surface area contributed by atoms with Gasteiger partial charge >= 0.3 is 6.16 Å². The molecule has 28 heavy (non-hydrogen) atoms.